The fourth-order valence-corrected chi connectivity index (χ4v) is 2.86. The van der Waals surface area contributed by atoms with Crippen LogP contribution in [0.2, 0.25) is 0 Å². The molecular formula is C14H20N4. The average molecular weight is 244 g/mol. The van der Waals surface area contributed by atoms with Crippen molar-refractivity contribution in [1.82, 2.24) is 9.97 Å². The van der Waals surface area contributed by atoms with Gasteiger partial charge in [-0.15, -0.1) is 0 Å². The van der Waals surface area contributed by atoms with E-state index in [9.17, 15) is 0 Å². The van der Waals surface area contributed by atoms with Crippen LogP contribution in [0, 0.1) is 30.1 Å². The molecule has 1 heterocycles. The molecule has 1 fully saturated rings. The van der Waals surface area contributed by atoms with E-state index in [1.165, 1.54) is 12.8 Å². The highest BCUT2D eigenvalue weighted by Crippen LogP contribution is 2.35. The molecule has 1 saturated carbocycles. The first kappa shape index (κ1) is 12.8. The number of hydrogen-bond donors (Lipinski definition) is 1. The van der Waals surface area contributed by atoms with E-state index in [0.717, 1.165) is 12.3 Å². The Bertz CT molecular complexity index is 463. The lowest BCUT2D eigenvalue weighted by molar-refractivity contribution is 0.391. The molecule has 1 aromatic heterocycles. The van der Waals surface area contributed by atoms with E-state index in [1.807, 2.05) is 6.92 Å². The molecular weight excluding hydrogens is 224 g/mol. The number of nitrogens with zero attached hydrogens (tertiary/aromatic N) is 3. The molecule has 18 heavy (non-hydrogen) atoms. The number of anilines is 1. The van der Waals surface area contributed by atoms with Gasteiger partial charge in [0, 0.05) is 6.04 Å². The second-order valence-electron chi connectivity index (χ2n) is 5.15. The summed E-state index contributed by atoms with van der Waals surface area (Å²) in [5, 5.41) is 12.5. The Morgan fingerprint density at radius 2 is 2.28 bits per heavy atom. The summed E-state index contributed by atoms with van der Waals surface area (Å²) in [5.74, 6) is 2.82. The summed E-state index contributed by atoms with van der Waals surface area (Å²) in [6.07, 6.45) is 5.25. The van der Waals surface area contributed by atoms with Crippen LogP contribution in [-0.2, 0) is 0 Å². The zero-order valence-corrected chi connectivity index (χ0v) is 11.3. The smallest absolute Gasteiger partial charge is 0.147 e. The molecule has 1 aromatic rings. The van der Waals surface area contributed by atoms with E-state index < -0.39 is 0 Å². The summed E-state index contributed by atoms with van der Waals surface area (Å²) in [6.45, 7) is 6.39. The van der Waals surface area contributed by atoms with E-state index in [4.69, 9.17) is 5.26 Å². The summed E-state index contributed by atoms with van der Waals surface area (Å²) >= 11 is 0. The van der Waals surface area contributed by atoms with Crippen LogP contribution in [0.5, 0.6) is 0 Å². The zero-order valence-electron chi connectivity index (χ0n) is 11.3. The summed E-state index contributed by atoms with van der Waals surface area (Å²) in [4.78, 5) is 8.41. The normalized spacial score (nSPS) is 26.9. The standard InChI is InChI=1S/C14H20N4/c1-4-11-5-6-13(9(11)2)18-14-12(7-15)8-16-10(3)17-14/h8-9,11,13H,4-6H2,1-3H3,(H,16,17,18). The molecule has 0 radical (unpaired) electrons. The van der Waals surface area contributed by atoms with Gasteiger partial charge in [0.15, 0.2) is 0 Å². The van der Waals surface area contributed by atoms with Gasteiger partial charge in [-0.2, -0.15) is 5.26 Å². The van der Waals surface area contributed by atoms with Gasteiger partial charge in [0.25, 0.3) is 0 Å². The Morgan fingerprint density at radius 3 is 2.89 bits per heavy atom. The van der Waals surface area contributed by atoms with Crippen LogP contribution in [0.4, 0.5) is 5.82 Å². The minimum absolute atomic E-state index is 0.427. The van der Waals surface area contributed by atoms with Gasteiger partial charge < -0.3 is 5.32 Å². The van der Waals surface area contributed by atoms with E-state index >= 15 is 0 Å². The topological polar surface area (TPSA) is 61.6 Å². The van der Waals surface area contributed by atoms with Crippen molar-refractivity contribution < 1.29 is 0 Å². The maximum atomic E-state index is 9.08. The molecule has 3 unspecified atom stereocenters. The maximum absolute atomic E-state index is 9.08. The monoisotopic (exact) mass is 244 g/mol. The second kappa shape index (κ2) is 5.34. The predicted octanol–water partition coefficient (Wildman–Crippen LogP) is 2.89. The van der Waals surface area contributed by atoms with Crippen molar-refractivity contribution in [3.63, 3.8) is 0 Å². The lowest BCUT2D eigenvalue weighted by atomic mass is 9.93. The highest BCUT2D eigenvalue weighted by Gasteiger charge is 2.32. The summed E-state index contributed by atoms with van der Waals surface area (Å²) in [5.41, 5.74) is 0.535. The molecule has 3 atom stereocenters. The van der Waals surface area contributed by atoms with Gasteiger partial charge in [-0.05, 0) is 31.6 Å². The number of hydrogen-bond acceptors (Lipinski definition) is 4. The van der Waals surface area contributed by atoms with Crippen molar-refractivity contribution in [2.24, 2.45) is 11.8 Å². The highest BCUT2D eigenvalue weighted by molar-refractivity contribution is 5.51. The van der Waals surface area contributed by atoms with Crippen LogP contribution in [0.3, 0.4) is 0 Å². The van der Waals surface area contributed by atoms with E-state index in [-0.39, 0.29) is 0 Å². The molecule has 0 bridgehead atoms. The van der Waals surface area contributed by atoms with Crippen LogP contribution >= 0.6 is 0 Å². The fraction of sp³-hybridized carbons (Fsp3) is 0.643. The van der Waals surface area contributed by atoms with Crippen LogP contribution in [0.25, 0.3) is 0 Å². The summed E-state index contributed by atoms with van der Waals surface area (Å²) in [7, 11) is 0. The summed E-state index contributed by atoms with van der Waals surface area (Å²) in [6, 6.07) is 2.58. The first-order chi connectivity index (χ1) is 8.65. The Balaban J connectivity index is 2.15. The SMILES string of the molecule is CCC1CCC(Nc2nc(C)ncc2C#N)C1C. The van der Waals surface area contributed by atoms with Gasteiger partial charge in [-0.25, -0.2) is 9.97 Å². The number of nitrogens with one attached hydrogen (secondary N) is 1. The molecule has 0 saturated heterocycles. The quantitative estimate of drug-likeness (QED) is 0.888. The van der Waals surface area contributed by atoms with Crippen molar-refractivity contribution in [1.29, 1.82) is 5.26 Å². The zero-order chi connectivity index (χ0) is 13.1. The Kier molecular flexibility index (Phi) is 3.81. The van der Waals surface area contributed by atoms with E-state index in [0.29, 0.717) is 29.2 Å². The van der Waals surface area contributed by atoms with Gasteiger partial charge >= 0.3 is 0 Å². The summed E-state index contributed by atoms with van der Waals surface area (Å²) < 4.78 is 0. The van der Waals surface area contributed by atoms with Gasteiger partial charge in [0.05, 0.1) is 6.20 Å². The molecule has 96 valence electrons. The van der Waals surface area contributed by atoms with E-state index in [1.54, 1.807) is 6.20 Å². The van der Waals surface area contributed by atoms with Crippen molar-refractivity contribution >= 4 is 5.82 Å². The molecule has 2 rings (SSSR count). The van der Waals surface area contributed by atoms with Crippen LogP contribution in [-0.4, -0.2) is 16.0 Å². The minimum atomic E-state index is 0.427. The highest BCUT2D eigenvalue weighted by atomic mass is 15.1. The average Bonchev–Trinajstić information content (AvgIpc) is 2.71. The van der Waals surface area contributed by atoms with E-state index in [2.05, 4.69) is 35.2 Å². The van der Waals surface area contributed by atoms with Crippen molar-refractivity contribution in [2.75, 3.05) is 5.32 Å². The number of aryl methyl sites for hydroxylation is 1. The lowest BCUT2D eigenvalue weighted by Gasteiger charge is -2.21. The molecule has 0 aromatic carbocycles. The van der Waals surface area contributed by atoms with Crippen molar-refractivity contribution in [3.05, 3.63) is 17.6 Å². The first-order valence-electron chi connectivity index (χ1n) is 6.66. The largest absolute Gasteiger partial charge is 0.366 e. The third kappa shape index (κ3) is 2.45. The third-order valence-electron chi connectivity index (χ3n) is 4.10. The van der Waals surface area contributed by atoms with Crippen molar-refractivity contribution in [3.8, 4) is 6.07 Å². The number of aromatic nitrogens is 2. The van der Waals surface area contributed by atoms with Crippen molar-refractivity contribution in [2.45, 2.75) is 46.1 Å². The number of rotatable bonds is 3. The molecule has 0 spiro atoms. The minimum Gasteiger partial charge on any atom is -0.366 e. The maximum Gasteiger partial charge on any atom is 0.147 e. The molecule has 4 nitrogen and oxygen atoms in total. The van der Waals surface area contributed by atoms with Crippen LogP contribution in [0.1, 0.15) is 44.5 Å². The Hall–Kier alpha value is -1.63. The predicted molar refractivity (Wildman–Crippen MR) is 71.1 cm³/mol. The molecule has 1 aliphatic rings. The van der Waals surface area contributed by atoms with Gasteiger partial charge in [0.2, 0.25) is 0 Å². The van der Waals surface area contributed by atoms with Gasteiger partial charge in [-0.1, -0.05) is 20.3 Å². The molecule has 1 N–H and O–H groups in total. The molecule has 0 amide bonds. The third-order valence-corrected chi connectivity index (χ3v) is 4.10. The Morgan fingerprint density at radius 1 is 1.50 bits per heavy atom. The van der Waals surface area contributed by atoms with Crippen LogP contribution in [0.15, 0.2) is 6.20 Å². The lowest BCUT2D eigenvalue weighted by Crippen LogP contribution is -2.25. The van der Waals surface area contributed by atoms with Gasteiger partial charge in [0.1, 0.15) is 23.3 Å². The molecule has 4 heteroatoms. The molecule has 1 aliphatic carbocycles. The second-order valence-corrected chi connectivity index (χ2v) is 5.15. The van der Waals surface area contributed by atoms with Crippen LogP contribution < -0.4 is 5.32 Å². The number of nitriles is 1. The first-order valence-corrected chi connectivity index (χ1v) is 6.66. The van der Waals surface area contributed by atoms with Gasteiger partial charge in [-0.3, -0.25) is 0 Å². The Labute approximate surface area is 108 Å². The molecule has 0 aliphatic heterocycles. The fourth-order valence-electron chi connectivity index (χ4n) is 2.86.